The van der Waals surface area contributed by atoms with Crippen LogP contribution < -0.4 is 5.43 Å². The molecule has 0 aromatic carbocycles. The second-order valence-electron chi connectivity index (χ2n) is 3.29. The van der Waals surface area contributed by atoms with Gasteiger partial charge in [0, 0.05) is 12.7 Å². The SMILES string of the molecule is Cc1c(C(=O)O)c(=O)c2sccc2n1C. The lowest BCUT2D eigenvalue weighted by Gasteiger charge is -2.08. The van der Waals surface area contributed by atoms with Crippen molar-refractivity contribution >= 4 is 27.5 Å². The smallest absolute Gasteiger partial charge is 0.341 e. The first kappa shape index (κ1) is 9.92. The minimum absolute atomic E-state index is 0.132. The molecule has 78 valence electrons. The summed E-state index contributed by atoms with van der Waals surface area (Å²) in [6.07, 6.45) is 0. The first-order valence-electron chi connectivity index (χ1n) is 4.34. The standard InChI is InChI=1S/C10H9NO3S/c1-5-7(10(13)14)8(12)9-6(11(5)2)3-4-15-9/h3-4H,1-2H3,(H,13,14). The van der Waals surface area contributed by atoms with E-state index in [1.807, 2.05) is 6.07 Å². The minimum Gasteiger partial charge on any atom is -0.477 e. The number of hydrogen-bond donors (Lipinski definition) is 1. The number of rotatable bonds is 1. The van der Waals surface area contributed by atoms with Gasteiger partial charge in [-0.15, -0.1) is 11.3 Å². The number of aromatic nitrogens is 1. The van der Waals surface area contributed by atoms with Gasteiger partial charge in [-0.2, -0.15) is 0 Å². The van der Waals surface area contributed by atoms with Crippen LogP contribution in [0.5, 0.6) is 0 Å². The number of nitrogens with zero attached hydrogens (tertiary/aromatic N) is 1. The van der Waals surface area contributed by atoms with Gasteiger partial charge in [0.2, 0.25) is 5.43 Å². The third-order valence-electron chi connectivity index (χ3n) is 2.52. The van der Waals surface area contributed by atoms with E-state index in [4.69, 9.17) is 5.11 Å². The molecule has 2 rings (SSSR count). The molecule has 1 N–H and O–H groups in total. The predicted octanol–water partition coefficient (Wildman–Crippen LogP) is 1.61. The van der Waals surface area contributed by atoms with Crippen LogP contribution in [0.1, 0.15) is 16.1 Å². The van der Waals surface area contributed by atoms with Gasteiger partial charge in [-0.25, -0.2) is 4.79 Å². The quantitative estimate of drug-likeness (QED) is 0.799. The van der Waals surface area contributed by atoms with Crippen molar-refractivity contribution in [1.29, 1.82) is 0 Å². The van der Waals surface area contributed by atoms with Crippen molar-refractivity contribution in [3.63, 3.8) is 0 Å². The van der Waals surface area contributed by atoms with Gasteiger partial charge in [0.05, 0.1) is 10.2 Å². The molecule has 0 aliphatic rings. The monoisotopic (exact) mass is 223 g/mol. The number of thiophene rings is 1. The molecule has 5 heteroatoms. The molecule has 0 saturated heterocycles. The topological polar surface area (TPSA) is 59.3 Å². The zero-order valence-corrected chi connectivity index (χ0v) is 9.09. The molecule has 0 bridgehead atoms. The molecule has 0 saturated carbocycles. The maximum atomic E-state index is 11.8. The molecule has 0 spiro atoms. The Bertz CT molecular complexity index is 609. The Labute approximate surface area is 89.4 Å². The lowest BCUT2D eigenvalue weighted by atomic mass is 10.2. The van der Waals surface area contributed by atoms with Gasteiger partial charge in [0.25, 0.3) is 0 Å². The Morgan fingerprint density at radius 1 is 1.53 bits per heavy atom. The summed E-state index contributed by atoms with van der Waals surface area (Å²) in [6.45, 7) is 1.64. The molecule has 0 unspecified atom stereocenters. The molecule has 0 radical (unpaired) electrons. The van der Waals surface area contributed by atoms with Crippen LogP contribution in [0.2, 0.25) is 0 Å². The normalized spacial score (nSPS) is 10.8. The van der Waals surface area contributed by atoms with E-state index < -0.39 is 5.97 Å². The fourth-order valence-electron chi connectivity index (χ4n) is 1.61. The van der Waals surface area contributed by atoms with Crippen LogP contribution in [0.3, 0.4) is 0 Å². The number of hydrogen-bond acceptors (Lipinski definition) is 3. The van der Waals surface area contributed by atoms with E-state index in [9.17, 15) is 9.59 Å². The summed E-state index contributed by atoms with van der Waals surface area (Å²) in [7, 11) is 1.76. The Hall–Kier alpha value is -1.62. The molecule has 15 heavy (non-hydrogen) atoms. The molecule has 2 aromatic rings. The van der Waals surface area contributed by atoms with Crippen molar-refractivity contribution in [3.05, 3.63) is 32.9 Å². The van der Waals surface area contributed by atoms with E-state index in [0.29, 0.717) is 10.4 Å². The number of aromatic carboxylic acids is 1. The molecule has 2 aromatic heterocycles. The number of carboxylic acids is 1. The highest BCUT2D eigenvalue weighted by Crippen LogP contribution is 2.19. The number of fused-ring (bicyclic) bond motifs is 1. The van der Waals surface area contributed by atoms with Crippen LogP contribution in [0.4, 0.5) is 0 Å². The fraction of sp³-hybridized carbons (Fsp3) is 0.200. The summed E-state index contributed by atoms with van der Waals surface area (Å²) < 4.78 is 2.23. The molecule has 0 amide bonds. The Balaban J connectivity index is 3.05. The number of pyridine rings is 1. The van der Waals surface area contributed by atoms with Gasteiger partial charge in [-0.05, 0) is 18.4 Å². The largest absolute Gasteiger partial charge is 0.477 e. The summed E-state index contributed by atoms with van der Waals surface area (Å²) in [5.74, 6) is -1.16. The third kappa shape index (κ3) is 1.27. The van der Waals surface area contributed by atoms with E-state index in [-0.39, 0.29) is 11.0 Å². The number of carboxylic acid groups (broad SMARTS) is 1. The average Bonchev–Trinajstić information content (AvgIpc) is 2.62. The number of carbonyl (C=O) groups is 1. The summed E-state index contributed by atoms with van der Waals surface area (Å²) in [4.78, 5) is 22.8. The minimum atomic E-state index is -1.16. The molecule has 2 heterocycles. The Kier molecular flexibility index (Phi) is 2.12. The molecule has 0 aliphatic carbocycles. The van der Waals surface area contributed by atoms with Crippen molar-refractivity contribution in [2.24, 2.45) is 7.05 Å². The zero-order valence-electron chi connectivity index (χ0n) is 8.27. The first-order chi connectivity index (χ1) is 7.04. The van der Waals surface area contributed by atoms with E-state index in [0.717, 1.165) is 5.52 Å². The number of aryl methyl sites for hydroxylation is 1. The lowest BCUT2D eigenvalue weighted by Crippen LogP contribution is -2.20. The van der Waals surface area contributed by atoms with Gasteiger partial charge >= 0.3 is 5.97 Å². The van der Waals surface area contributed by atoms with Gasteiger partial charge in [0.1, 0.15) is 5.56 Å². The first-order valence-corrected chi connectivity index (χ1v) is 5.22. The van der Waals surface area contributed by atoms with Gasteiger partial charge in [-0.1, -0.05) is 0 Å². The van der Waals surface area contributed by atoms with E-state index in [2.05, 4.69) is 0 Å². The maximum absolute atomic E-state index is 11.8. The molecule has 0 atom stereocenters. The molecule has 0 fully saturated rings. The van der Waals surface area contributed by atoms with Gasteiger partial charge < -0.3 is 9.67 Å². The maximum Gasteiger partial charge on any atom is 0.341 e. The van der Waals surface area contributed by atoms with Crippen LogP contribution in [0.25, 0.3) is 10.2 Å². The van der Waals surface area contributed by atoms with Gasteiger partial charge in [-0.3, -0.25) is 4.79 Å². The molecular formula is C10H9NO3S. The summed E-state index contributed by atoms with van der Waals surface area (Å²) in [5, 5.41) is 10.7. The molecular weight excluding hydrogens is 214 g/mol. The fourth-order valence-corrected chi connectivity index (χ4v) is 2.48. The Morgan fingerprint density at radius 2 is 2.20 bits per heavy atom. The van der Waals surface area contributed by atoms with Crippen molar-refractivity contribution in [3.8, 4) is 0 Å². The molecule has 0 aliphatic heterocycles. The van der Waals surface area contributed by atoms with E-state index in [1.165, 1.54) is 11.3 Å². The zero-order chi connectivity index (χ0) is 11.2. The van der Waals surface area contributed by atoms with Crippen LogP contribution in [0, 0.1) is 6.92 Å². The summed E-state index contributed by atoms with van der Waals surface area (Å²) in [6, 6.07) is 1.82. The molecule has 4 nitrogen and oxygen atoms in total. The van der Waals surface area contributed by atoms with Crippen LogP contribution in [0.15, 0.2) is 16.2 Å². The van der Waals surface area contributed by atoms with Crippen LogP contribution >= 0.6 is 11.3 Å². The van der Waals surface area contributed by atoms with Crippen LogP contribution in [-0.2, 0) is 7.05 Å². The van der Waals surface area contributed by atoms with Crippen LogP contribution in [-0.4, -0.2) is 15.6 Å². The van der Waals surface area contributed by atoms with Crippen molar-refractivity contribution < 1.29 is 9.90 Å². The van der Waals surface area contributed by atoms with Crippen molar-refractivity contribution in [1.82, 2.24) is 4.57 Å². The second-order valence-corrected chi connectivity index (χ2v) is 4.20. The second kappa shape index (κ2) is 3.20. The highest BCUT2D eigenvalue weighted by molar-refractivity contribution is 7.17. The third-order valence-corrected chi connectivity index (χ3v) is 3.42. The summed E-state index contributed by atoms with van der Waals surface area (Å²) >= 11 is 1.27. The van der Waals surface area contributed by atoms with Crippen molar-refractivity contribution in [2.75, 3.05) is 0 Å². The van der Waals surface area contributed by atoms with E-state index >= 15 is 0 Å². The lowest BCUT2D eigenvalue weighted by molar-refractivity contribution is 0.0694. The highest BCUT2D eigenvalue weighted by atomic mass is 32.1. The predicted molar refractivity (Wildman–Crippen MR) is 58.8 cm³/mol. The highest BCUT2D eigenvalue weighted by Gasteiger charge is 2.18. The van der Waals surface area contributed by atoms with E-state index in [1.54, 1.807) is 23.9 Å². The van der Waals surface area contributed by atoms with Gasteiger partial charge in [0.15, 0.2) is 0 Å². The average molecular weight is 223 g/mol. The Morgan fingerprint density at radius 3 is 2.80 bits per heavy atom. The summed E-state index contributed by atoms with van der Waals surface area (Å²) in [5.41, 5.74) is 0.751. The van der Waals surface area contributed by atoms with Crippen molar-refractivity contribution in [2.45, 2.75) is 6.92 Å².